The number of guanidine groups is 1. The molecule has 1 aromatic carbocycles. The molecule has 1 saturated heterocycles. The maximum atomic E-state index is 4.78. The molecule has 146 valence electrons. The number of aromatic nitrogens is 1. The van der Waals surface area contributed by atoms with Gasteiger partial charge in [-0.05, 0) is 38.3 Å². The molecule has 0 aliphatic carbocycles. The van der Waals surface area contributed by atoms with Gasteiger partial charge in [0, 0.05) is 55.4 Å². The Morgan fingerprint density at radius 3 is 2.89 bits per heavy atom. The molecule has 2 N–H and O–H groups in total. The Labute approximate surface area is 166 Å². The molecule has 2 aromatic rings. The van der Waals surface area contributed by atoms with Crippen LogP contribution in [0.3, 0.4) is 0 Å². The van der Waals surface area contributed by atoms with Crippen LogP contribution in [-0.4, -0.2) is 43.2 Å². The Balaban J connectivity index is 1.54. The van der Waals surface area contributed by atoms with Gasteiger partial charge in [-0.1, -0.05) is 25.1 Å². The maximum absolute atomic E-state index is 4.78. The molecule has 0 spiro atoms. The predicted molar refractivity (Wildman–Crippen MR) is 116 cm³/mol. The summed E-state index contributed by atoms with van der Waals surface area (Å²) in [5.41, 5.74) is 1.31. The van der Waals surface area contributed by atoms with Crippen molar-refractivity contribution in [2.45, 2.75) is 45.6 Å². The second-order valence-electron chi connectivity index (χ2n) is 6.85. The third-order valence-electron chi connectivity index (χ3n) is 4.77. The van der Waals surface area contributed by atoms with E-state index in [1.807, 2.05) is 6.20 Å². The summed E-state index contributed by atoms with van der Waals surface area (Å²) < 4.78 is 0. The van der Waals surface area contributed by atoms with Gasteiger partial charge in [0.05, 0.1) is 5.01 Å². The van der Waals surface area contributed by atoms with Gasteiger partial charge >= 0.3 is 0 Å². The van der Waals surface area contributed by atoms with E-state index in [2.05, 4.69) is 64.7 Å². The van der Waals surface area contributed by atoms with Crippen molar-refractivity contribution in [3.63, 3.8) is 0 Å². The normalized spacial score (nSPS) is 17.8. The molecule has 5 nitrogen and oxygen atoms in total. The summed E-state index contributed by atoms with van der Waals surface area (Å²) in [4.78, 5) is 13.1. The lowest BCUT2D eigenvalue weighted by Gasteiger charge is -2.35. The number of hydrogen-bond acceptors (Lipinski definition) is 4. The lowest BCUT2D eigenvalue weighted by molar-refractivity contribution is 0.468. The van der Waals surface area contributed by atoms with E-state index in [-0.39, 0.29) is 0 Å². The molecule has 1 aliphatic heterocycles. The number of nitrogens with zero attached hydrogens (tertiary/aromatic N) is 3. The van der Waals surface area contributed by atoms with E-state index in [9.17, 15) is 0 Å². The summed E-state index contributed by atoms with van der Waals surface area (Å²) in [6, 6.07) is 11.1. The SMILES string of the molecule is CCNC(=NCCc1ncc(CC)s1)NC1CCCN(c2ccccc2)C1. The second-order valence-corrected chi connectivity index (χ2v) is 8.05. The van der Waals surface area contributed by atoms with Gasteiger partial charge in [0.1, 0.15) is 0 Å². The molecular formula is C21H31N5S. The fourth-order valence-corrected chi connectivity index (χ4v) is 4.22. The number of anilines is 1. The Bertz CT molecular complexity index is 712. The standard InChI is InChI=1S/C21H31N5S/c1-3-19-15-24-20(27-19)12-13-23-21(22-4-2)25-17-9-8-14-26(16-17)18-10-6-5-7-11-18/h5-7,10-11,15,17H,3-4,8-9,12-14,16H2,1-2H3,(H2,22,23,25). The number of thiazole rings is 1. The topological polar surface area (TPSA) is 52.6 Å². The van der Waals surface area contributed by atoms with Crippen LogP contribution < -0.4 is 15.5 Å². The average molecular weight is 386 g/mol. The molecule has 27 heavy (non-hydrogen) atoms. The van der Waals surface area contributed by atoms with Crippen molar-refractivity contribution in [1.29, 1.82) is 0 Å². The fourth-order valence-electron chi connectivity index (χ4n) is 3.37. The van der Waals surface area contributed by atoms with Gasteiger partial charge in [0.25, 0.3) is 0 Å². The van der Waals surface area contributed by atoms with Gasteiger partial charge in [-0.3, -0.25) is 4.99 Å². The van der Waals surface area contributed by atoms with E-state index in [1.165, 1.54) is 28.4 Å². The van der Waals surface area contributed by atoms with Crippen LogP contribution in [0.25, 0.3) is 0 Å². The van der Waals surface area contributed by atoms with Gasteiger partial charge in [-0.15, -0.1) is 11.3 Å². The number of piperidine rings is 1. The largest absolute Gasteiger partial charge is 0.369 e. The number of para-hydroxylation sites is 1. The van der Waals surface area contributed by atoms with Crippen LogP contribution in [0.5, 0.6) is 0 Å². The number of nitrogens with one attached hydrogen (secondary N) is 2. The number of aliphatic imine (C=N–C) groups is 1. The third-order valence-corrected chi connectivity index (χ3v) is 5.97. The van der Waals surface area contributed by atoms with Crippen LogP contribution >= 0.6 is 11.3 Å². The Morgan fingerprint density at radius 1 is 1.30 bits per heavy atom. The molecule has 0 radical (unpaired) electrons. The van der Waals surface area contributed by atoms with Crippen molar-refractivity contribution in [1.82, 2.24) is 15.6 Å². The molecule has 6 heteroatoms. The lowest BCUT2D eigenvalue weighted by Crippen LogP contribution is -2.51. The molecule has 0 saturated carbocycles. The number of benzene rings is 1. The molecule has 1 atom stereocenters. The smallest absolute Gasteiger partial charge is 0.191 e. The van der Waals surface area contributed by atoms with Crippen LogP contribution in [0.2, 0.25) is 0 Å². The summed E-state index contributed by atoms with van der Waals surface area (Å²) in [5, 5.41) is 8.21. The summed E-state index contributed by atoms with van der Waals surface area (Å²) in [6.45, 7) is 8.06. The zero-order valence-electron chi connectivity index (χ0n) is 16.4. The minimum Gasteiger partial charge on any atom is -0.369 e. The molecule has 0 bridgehead atoms. The van der Waals surface area contributed by atoms with Crippen molar-refractivity contribution < 1.29 is 0 Å². The molecule has 0 amide bonds. The lowest BCUT2D eigenvalue weighted by atomic mass is 10.1. The van der Waals surface area contributed by atoms with Crippen LogP contribution in [0.1, 0.15) is 36.6 Å². The predicted octanol–water partition coefficient (Wildman–Crippen LogP) is 3.47. The summed E-state index contributed by atoms with van der Waals surface area (Å²) in [5.74, 6) is 0.921. The molecule has 1 aliphatic rings. The minimum absolute atomic E-state index is 0.420. The van der Waals surface area contributed by atoms with Gasteiger partial charge in [0.2, 0.25) is 0 Å². The number of rotatable bonds is 7. The van der Waals surface area contributed by atoms with Crippen molar-refractivity contribution in [3.8, 4) is 0 Å². The molecular weight excluding hydrogens is 354 g/mol. The van der Waals surface area contributed by atoms with E-state index in [1.54, 1.807) is 11.3 Å². The first-order chi connectivity index (χ1) is 13.3. The highest BCUT2D eigenvalue weighted by molar-refractivity contribution is 7.11. The van der Waals surface area contributed by atoms with Gasteiger partial charge < -0.3 is 15.5 Å². The average Bonchev–Trinajstić information content (AvgIpc) is 3.17. The highest BCUT2D eigenvalue weighted by atomic mass is 32.1. The highest BCUT2D eigenvalue weighted by Crippen LogP contribution is 2.19. The first kappa shape index (κ1) is 19.7. The molecule has 3 rings (SSSR count). The fraction of sp³-hybridized carbons (Fsp3) is 0.524. The van der Waals surface area contributed by atoms with Crippen LogP contribution in [0.4, 0.5) is 5.69 Å². The zero-order chi connectivity index (χ0) is 18.9. The molecule has 2 heterocycles. The molecule has 1 aromatic heterocycles. The Morgan fingerprint density at radius 2 is 2.15 bits per heavy atom. The quantitative estimate of drug-likeness (QED) is 0.566. The Hall–Kier alpha value is -2.08. The van der Waals surface area contributed by atoms with E-state index in [4.69, 9.17) is 4.99 Å². The van der Waals surface area contributed by atoms with E-state index < -0.39 is 0 Å². The summed E-state index contributed by atoms with van der Waals surface area (Å²) in [6.07, 6.45) is 6.34. The zero-order valence-corrected chi connectivity index (χ0v) is 17.3. The summed E-state index contributed by atoms with van der Waals surface area (Å²) in [7, 11) is 0. The third kappa shape index (κ3) is 5.96. The van der Waals surface area contributed by atoms with Crippen LogP contribution in [0, 0.1) is 0 Å². The monoisotopic (exact) mass is 385 g/mol. The highest BCUT2D eigenvalue weighted by Gasteiger charge is 2.20. The number of aryl methyl sites for hydroxylation is 1. The van der Waals surface area contributed by atoms with E-state index in [0.717, 1.165) is 45.0 Å². The minimum atomic E-state index is 0.420. The van der Waals surface area contributed by atoms with Crippen LogP contribution in [-0.2, 0) is 12.8 Å². The maximum Gasteiger partial charge on any atom is 0.191 e. The summed E-state index contributed by atoms with van der Waals surface area (Å²) >= 11 is 1.80. The molecule has 1 unspecified atom stereocenters. The van der Waals surface area contributed by atoms with Gasteiger partial charge in [-0.2, -0.15) is 0 Å². The van der Waals surface area contributed by atoms with Crippen molar-refractivity contribution in [3.05, 3.63) is 46.4 Å². The Kier molecular flexibility index (Phi) is 7.51. The van der Waals surface area contributed by atoms with Gasteiger partial charge in [-0.25, -0.2) is 4.98 Å². The first-order valence-electron chi connectivity index (χ1n) is 10.1. The van der Waals surface area contributed by atoms with Crippen molar-refractivity contribution in [2.24, 2.45) is 4.99 Å². The van der Waals surface area contributed by atoms with E-state index in [0.29, 0.717) is 6.04 Å². The van der Waals surface area contributed by atoms with Crippen LogP contribution in [0.15, 0.2) is 41.5 Å². The van der Waals surface area contributed by atoms with Crippen molar-refractivity contribution >= 4 is 23.0 Å². The van der Waals surface area contributed by atoms with Gasteiger partial charge in [0.15, 0.2) is 5.96 Å². The van der Waals surface area contributed by atoms with Crippen molar-refractivity contribution in [2.75, 3.05) is 31.1 Å². The van der Waals surface area contributed by atoms with E-state index >= 15 is 0 Å². The number of hydrogen-bond donors (Lipinski definition) is 2. The second kappa shape index (κ2) is 10.3. The first-order valence-corrected chi connectivity index (χ1v) is 10.9. The molecule has 1 fully saturated rings.